The van der Waals surface area contributed by atoms with Gasteiger partial charge in [-0.05, 0) is 37.1 Å². The molecule has 0 saturated heterocycles. The molecule has 1 unspecified atom stereocenters. The second-order valence-corrected chi connectivity index (χ2v) is 7.86. The molecule has 0 heterocycles. The first kappa shape index (κ1) is 24.2. The summed E-state index contributed by atoms with van der Waals surface area (Å²) in [7, 11) is 1.38. The van der Waals surface area contributed by atoms with Gasteiger partial charge in [0.25, 0.3) is 0 Å². The molecule has 0 aromatic heterocycles. The zero-order chi connectivity index (χ0) is 22.8. The summed E-state index contributed by atoms with van der Waals surface area (Å²) in [6.45, 7) is 4.13. The Bertz CT molecular complexity index is 907. The molecular formula is C22H27N3O5S. The van der Waals surface area contributed by atoms with E-state index in [4.69, 9.17) is 4.74 Å². The van der Waals surface area contributed by atoms with Gasteiger partial charge in [0.2, 0.25) is 11.8 Å². The SMILES string of the molecule is CCCN(C(=O)CSCc1ccc(OC)c([N+](=O)[O-])c1)C(C)C(=O)Nc1ccccc1. The number of ether oxygens (including phenoxy) is 1. The number of para-hydroxylation sites is 1. The highest BCUT2D eigenvalue weighted by Gasteiger charge is 2.25. The van der Waals surface area contributed by atoms with Crippen molar-refractivity contribution >= 4 is 35.0 Å². The van der Waals surface area contributed by atoms with Crippen molar-refractivity contribution in [2.45, 2.75) is 32.1 Å². The van der Waals surface area contributed by atoms with Crippen molar-refractivity contribution in [3.8, 4) is 5.75 Å². The molecule has 9 heteroatoms. The summed E-state index contributed by atoms with van der Waals surface area (Å²) in [5.74, 6) is 0.403. The van der Waals surface area contributed by atoms with Gasteiger partial charge in [-0.3, -0.25) is 19.7 Å². The normalized spacial score (nSPS) is 11.5. The summed E-state index contributed by atoms with van der Waals surface area (Å²) in [6, 6.07) is 13.2. The molecule has 2 amide bonds. The number of hydrogen-bond donors (Lipinski definition) is 1. The van der Waals surface area contributed by atoms with Gasteiger partial charge in [-0.25, -0.2) is 0 Å². The van der Waals surface area contributed by atoms with Gasteiger partial charge < -0.3 is 15.0 Å². The van der Waals surface area contributed by atoms with Crippen LogP contribution in [-0.4, -0.2) is 47.1 Å². The van der Waals surface area contributed by atoms with Gasteiger partial charge in [-0.2, -0.15) is 0 Å². The van der Waals surface area contributed by atoms with E-state index in [1.807, 2.05) is 25.1 Å². The van der Waals surface area contributed by atoms with E-state index in [0.717, 1.165) is 12.0 Å². The van der Waals surface area contributed by atoms with Gasteiger partial charge >= 0.3 is 5.69 Å². The van der Waals surface area contributed by atoms with Crippen LogP contribution in [0.1, 0.15) is 25.8 Å². The number of methoxy groups -OCH3 is 1. The molecule has 1 N–H and O–H groups in total. The lowest BCUT2D eigenvalue weighted by Crippen LogP contribution is -2.46. The molecule has 8 nitrogen and oxygen atoms in total. The molecule has 1 atom stereocenters. The fraction of sp³-hybridized carbons (Fsp3) is 0.364. The molecule has 2 rings (SSSR count). The van der Waals surface area contributed by atoms with Crippen LogP contribution in [-0.2, 0) is 15.3 Å². The summed E-state index contributed by atoms with van der Waals surface area (Å²) < 4.78 is 5.01. The minimum atomic E-state index is -0.615. The molecular weight excluding hydrogens is 418 g/mol. The Balaban J connectivity index is 1.96. The van der Waals surface area contributed by atoms with Crippen molar-refractivity contribution in [3.05, 3.63) is 64.2 Å². The van der Waals surface area contributed by atoms with Crippen molar-refractivity contribution in [1.29, 1.82) is 0 Å². The van der Waals surface area contributed by atoms with E-state index in [1.54, 1.807) is 36.1 Å². The lowest BCUT2D eigenvalue weighted by Gasteiger charge is -2.28. The van der Waals surface area contributed by atoms with Gasteiger partial charge in [-0.15, -0.1) is 11.8 Å². The highest BCUT2D eigenvalue weighted by molar-refractivity contribution is 7.99. The van der Waals surface area contributed by atoms with Crippen LogP contribution in [0.2, 0.25) is 0 Å². The van der Waals surface area contributed by atoms with Gasteiger partial charge in [-0.1, -0.05) is 31.2 Å². The van der Waals surface area contributed by atoms with Crippen molar-refractivity contribution in [3.63, 3.8) is 0 Å². The highest BCUT2D eigenvalue weighted by atomic mass is 32.2. The first-order valence-corrected chi connectivity index (χ1v) is 11.1. The van der Waals surface area contributed by atoms with Crippen LogP contribution in [0.5, 0.6) is 5.75 Å². The first-order valence-electron chi connectivity index (χ1n) is 9.91. The number of nitro benzene ring substituents is 1. The summed E-state index contributed by atoms with van der Waals surface area (Å²) in [5, 5.41) is 14.0. The van der Waals surface area contributed by atoms with Gasteiger partial charge in [0, 0.05) is 24.1 Å². The summed E-state index contributed by atoms with van der Waals surface area (Å²) in [6.07, 6.45) is 0.726. The molecule has 2 aromatic rings. The van der Waals surface area contributed by atoms with Crippen LogP contribution in [0, 0.1) is 10.1 Å². The number of benzene rings is 2. The average Bonchev–Trinajstić information content (AvgIpc) is 2.77. The molecule has 0 saturated carbocycles. The van der Waals surface area contributed by atoms with Crippen molar-refractivity contribution in [1.82, 2.24) is 4.90 Å². The van der Waals surface area contributed by atoms with Crippen LogP contribution in [0.4, 0.5) is 11.4 Å². The van der Waals surface area contributed by atoms with Crippen LogP contribution in [0.3, 0.4) is 0 Å². The number of amides is 2. The lowest BCUT2D eigenvalue weighted by molar-refractivity contribution is -0.385. The van der Waals surface area contributed by atoms with E-state index >= 15 is 0 Å². The molecule has 2 aromatic carbocycles. The van der Waals surface area contributed by atoms with Gasteiger partial charge in [0.15, 0.2) is 5.75 Å². The van der Waals surface area contributed by atoms with Crippen LogP contribution in [0.25, 0.3) is 0 Å². The minimum Gasteiger partial charge on any atom is -0.490 e. The third-order valence-corrected chi connectivity index (χ3v) is 5.60. The molecule has 31 heavy (non-hydrogen) atoms. The smallest absolute Gasteiger partial charge is 0.311 e. The predicted molar refractivity (Wildman–Crippen MR) is 122 cm³/mol. The quantitative estimate of drug-likeness (QED) is 0.413. The fourth-order valence-electron chi connectivity index (χ4n) is 2.99. The zero-order valence-corrected chi connectivity index (χ0v) is 18.7. The Hall–Kier alpha value is -3.07. The Morgan fingerprint density at radius 1 is 1.23 bits per heavy atom. The third kappa shape index (κ3) is 6.99. The molecule has 0 fully saturated rings. The molecule has 0 aliphatic rings. The van der Waals surface area contributed by atoms with Crippen LogP contribution in [0.15, 0.2) is 48.5 Å². The number of rotatable bonds is 11. The number of anilines is 1. The number of nitrogens with zero attached hydrogens (tertiary/aromatic N) is 2. The van der Waals surface area contributed by atoms with E-state index in [-0.39, 0.29) is 29.0 Å². The number of hydrogen-bond acceptors (Lipinski definition) is 6. The van der Waals surface area contributed by atoms with Crippen LogP contribution < -0.4 is 10.1 Å². The summed E-state index contributed by atoms with van der Waals surface area (Å²) in [4.78, 5) is 37.6. The number of nitrogens with one attached hydrogen (secondary N) is 1. The Morgan fingerprint density at radius 2 is 1.94 bits per heavy atom. The molecule has 0 aliphatic heterocycles. The second kappa shape index (κ2) is 11.9. The third-order valence-electron chi connectivity index (χ3n) is 4.61. The van der Waals surface area contributed by atoms with Crippen molar-refractivity contribution < 1.29 is 19.2 Å². The predicted octanol–water partition coefficient (Wildman–Crippen LogP) is 4.10. The molecule has 0 spiro atoms. The highest BCUT2D eigenvalue weighted by Crippen LogP contribution is 2.29. The van der Waals surface area contributed by atoms with Crippen LogP contribution >= 0.6 is 11.8 Å². The first-order chi connectivity index (χ1) is 14.9. The van der Waals surface area contributed by atoms with E-state index in [9.17, 15) is 19.7 Å². The summed E-state index contributed by atoms with van der Waals surface area (Å²) >= 11 is 1.35. The number of nitro groups is 1. The zero-order valence-electron chi connectivity index (χ0n) is 17.9. The minimum absolute atomic E-state index is 0.106. The largest absolute Gasteiger partial charge is 0.490 e. The summed E-state index contributed by atoms with van der Waals surface area (Å²) in [5.41, 5.74) is 1.30. The maximum Gasteiger partial charge on any atom is 0.311 e. The van der Waals surface area contributed by atoms with E-state index in [0.29, 0.717) is 18.0 Å². The topological polar surface area (TPSA) is 102 Å². The van der Waals surface area contributed by atoms with Gasteiger partial charge in [0.1, 0.15) is 6.04 Å². The fourth-order valence-corrected chi connectivity index (χ4v) is 3.85. The van der Waals surface area contributed by atoms with Crippen molar-refractivity contribution in [2.75, 3.05) is 24.7 Å². The lowest BCUT2D eigenvalue weighted by atomic mass is 10.2. The van der Waals surface area contributed by atoms with E-state index < -0.39 is 11.0 Å². The Kier molecular flexibility index (Phi) is 9.33. The number of thioether (sulfide) groups is 1. The van der Waals surface area contributed by atoms with Crippen molar-refractivity contribution in [2.24, 2.45) is 0 Å². The Morgan fingerprint density at radius 3 is 2.55 bits per heavy atom. The second-order valence-electron chi connectivity index (χ2n) is 6.87. The average molecular weight is 446 g/mol. The molecule has 0 aliphatic carbocycles. The maximum absolute atomic E-state index is 12.8. The number of carbonyl (C=O) groups excluding carboxylic acids is 2. The van der Waals surface area contributed by atoms with E-state index in [1.165, 1.54) is 24.9 Å². The maximum atomic E-state index is 12.8. The standard InChI is InChI=1S/C22H27N3O5S/c1-4-12-24(16(2)22(27)23-18-8-6-5-7-9-18)21(26)15-31-14-17-10-11-20(30-3)19(13-17)25(28)29/h5-11,13,16H,4,12,14-15H2,1-3H3,(H,23,27). The van der Waals surface area contributed by atoms with Gasteiger partial charge in [0.05, 0.1) is 17.8 Å². The molecule has 166 valence electrons. The number of carbonyl (C=O) groups is 2. The van der Waals surface area contributed by atoms with E-state index in [2.05, 4.69) is 5.32 Å². The molecule has 0 bridgehead atoms. The Labute approximate surface area is 186 Å². The molecule has 0 radical (unpaired) electrons. The monoisotopic (exact) mass is 445 g/mol.